The number of likely N-dealkylation sites (tertiary alicyclic amines) is 1. The lowest BCUT2D eigenvalue weighted by molar-refractivity contribution is -0.384. The zero-order chi connectivity index (χ0) is 19.2. The first-order chi connectivity index (χ1) is 13.0. The lowest BCUT2D eigenvalue weighted by Gasteiger charge is -2.31. The van der Waals surface area contributed by atoms with Gasteiger partial charge < -0.3 is 10.2 Å². The Morgan fingerprint density at radius 2 is 1.89 bits per heavy atom. The maximum atomic E-state index is 12.3. The second kappa shape index (κ2) is 8.59. The maximum Gasteiger partial charge on any atom is 0.269 e. The van der Waals surface area contributed by atoms with Crippen LogP contribution in [0.4, 0.5) is 5.69 Å². The zero-order valence-electron chi connectivity index (χ0n) is 14.5. The van der Waals surface area contributed by atoms with E-state index in [2.05, 4.69) is 5.32 Å². The van der Waals surface area contributed by atoms with Crippen molar-refractivity contribution in [1.82, 2.24) is 10.2 Å². The molecule has 1 aromatic heterocycles. The van der Waals surface area contributed by atoms with Crippen LogP contribution in [0.5, 0.6) is 0 Å². The Bertz CT molecular complexity index is 838. The van der Waals surface area contributed by atoms with Gasteiger partial charge in [-0.15, -0.1) is 0 Å². The van der Waals surface area contributed by atoms with E-state index in [1.807, 2.05) is 10.8 Å². The summed E-state index contributed by atoms with van der Waals surface area (Å²) < 4.78 is 0. The standard InChI is InChI=1S/C19H19N3O4S/c23-18(6-3-14-1-4-17(5-2-14)22(25)26)21-10-7-16(8-11-21)20-19(24)15-9-12-27-13-15/h1-6,9,12-13,16H,7-8,10-11H2,(H,20,24). The molecule has 0 unspecified atom stereocenters. The maximum absolute atomic E-state index is 12.3. The summed E-state index contributed by atoms with van der Waals surface area (Å²) in [7, 11) is 0. The van der Waals surface area contributed by atoms with Crippen molar-refractivity contribution in [3.05, 3.63) is 68.4 Å². The minimum absolute atomic E-state index is 0.0186. The number of nitrogens with one attached hydrogen (secondary N) is 1. The number of piperidine rings is 1. The minimum Gasteiger partial charge on any atom is -0.349 e. The normalized spacial score (nSPS) is 15.0. The molecule has 0 bridgehead atoms. The third kappa shape index (κ3) is 5.01. The van der Waals surface area contributed by atoms with Crippen molar-refractivity contribution in [1.29, 1.82) is 0 Å². The predicted molar refractivity (Wildman–Crippen MR) is 104 cm³/mol. The van der Waals surface area contributed by atoms with Gasteiger partial charge in [0.1, 0.15) is 0 Å². The number of non-ortho nitro benzene ring substituents is 1. The van der Waals surface area contributed by atoms with Crippen molar-refractivity contribution >= 4 is 34.9 Å². The van der Waals surface area contributed by atoms with E-state index in [-0.39, 0.29) is 23.5 Å². The molecule has 0 atom stereocenters. The zero-order valence-corrected chi connectivity index (χ0v) is 15.4. The van der Waals surface area contributed by atoms with Crippen molar-refractivity contribution in [3.8, 4) is 0 Å². The smallest absolute Gasteiger partial charge is 0.269 e. The highest BCUT2D eigenvalue weighted by Gasteiger charge is 2.23. The average Bonchev–Trinajstić information content (AvgIpc) is 3.22. The summed E-state index contributed by atoms with van der Waals surface area (Å²) in [4.78, 5) is 36.3. The number of carbonyl (C=O) groups excluding carboxylic acids is 2. The molecule has 0 saturated carbocycles. The number of hydrogen-bond acceptors (Lipinski definition) is 5. The monoisotopic (exact) mass is 385 g/mol. The molecule has 0 spiro atoms. The minimum atomic E-state index is -0.458. The molecule has 2 aromatic rings. The highest BCUT2D eigenvalue weighted by molar-refractivity contribution is 7.08. The Morgan fingerprint density at radius 1 is 1.19 bits per heavy atom. The van der Waals surface area contributed by atoms with Gasteiger partial charge in [0.05, 0.1) is 4.92 Å². The average molecular weight is 385 g/mol. The SMILES string of the molecule is O=C(NC1CCN(C(=O)C=Cc2ccc([N+](=O)[O-])cc2)CC1)c1ccsc1. The van der Waals surface area contributed by atoms with Crippen LogP contribution in [-0.4, -0.2) is 40.8 Å². The van der Waals surface area contributed by atoms with Gasteiger partial charge >= 0.3 is 0 Å². The van der Waals surface area contributed by atoms with Gasteiger partial charge in [-0.3, -0.25) is 19.7 Å². The van der Waals surface area contributed by atoms with Crippen LogP contribution in [0.3, 0.4) is 0 Å². The fourth-order valence-electron chi connectivity index (χ4n) is 2.89. The summed E-state index contributed by atoms with van der Waals surface area (Å²) >= 11 is 1.49. The first kappa shape index (κ1) is 18.8. The van der Waals surface area contributed by atoms with Gasteiger partial charge in [-0.25, -0.2) is 0 Å². The molecule has 140 valence electrons. The molecule has 1 aliphatic rings. The van der Waals surface area contributed by atoms with Crippen LogP contribution in [0.1, 0.15) is 28.8 Å². The molecule has 7 nitrogen and oxygen atoms in total. The van der Waals surface area contributed by atoms with Gasteiger partial charge in [-0.2, -0.15) is 11.3 Å². The lowest BCUT2D eigenvalue weighted by atomic mass is 10.0. The first-order valence-corrected chi connectivity index (χ1v) is 9.52. The number of hydrogen-bond donors (Lipinski definition) is 1. The number of carbonyl (C=O) groups is 2. The largest absolute Gasteiger partial charge is 0.349 e. The third-order valence-electron chi connectivity index (χ3n) is 4.45. The van der Waals surface area contributed by atoms with Crippen molar-refractivity contribution in [2.45, 2.75) is 18.9 Å². The number of benzene rings is 1. The second-order valence-electron chi connectivity index (χ2n) is 6.27. The summed E-state index contributed by atoms with van der Waals surface area (Å²) in [5.74, 6) is -0.171. The molecule has 1 aliphatic heterocycles. The topological polar surface area (TPSA) is 92.6 Å². The van der Waals surface area contributed by atoms with Crippen LogP contribution in [-0.2, 0) is 4.79 Å². The van der Waals surface area contributed by atoms with E-state index in [0.29, 0.717) is 31.5 Å². The molecule has 3 rings (SSSR count). The fraction of sp³-hybridized carbons (Fsp3) is 0.263. The summed E-state index contributed by atoms with van der Waals surface area (Å²) in [6.07, 6.45) is 4.56. The van der Waals surface area contributed by atoms with Crippen molar-refractivity contribution in [2.75, 3.05) is 13.1 Å². The van der Waals surface area contributed by atoms with E-state index < -0.39 is 4.92 Å². The van der Waals surface area contributed by atoms with E-state index in [1.54, 1.807) is 29.2 Å². The molecular weight excluding hydrogens is 366 g/mol. The molecule has 0 aliphatic carbocycles. The molecule has 2 heterocycles. The van der Waals surface area contributed by atoms with Gasteiger partial charge in [0.2, 0.25) is 5.91 Å². The molecule has 1 fully saturated rings. The number of thiophene rings is 1. The summed E-state index contributed by atoms with van der Waals surface area (Å²) in [6.45, 7) is 1.16. The first-order valence-electron chi connectivity index (χ1n) is 8.57. The van der Waals surface area contributed by atoms with E-state index in [1.165, 1.54) is 29.5 Å². The van der Waals surface area contributed by atoms with Gasteiger partial charge in [-0.05, 0) is 48.1 Å². The molecule has 2 amide bonds. The lowest BCUT2D eigenvalue weighted by Crippen LogP contribution is -2.46. The van der Waals surface area contributed by atoms with Gasteiger partial charge in [0, 0.05) is 48.3 Å². The molecule has 1 N–H and O–H groups in total. The quantitative estimate of drug-likeness (QED) is 0.486. The number of nitro groups is 1. The Kier molecular flexibility index (Phi) is 5.97. The van der Waals surface area contributed by atoms with E-state index in [4.69, 9.17) is 0 Å². The van der Waals surface area contributed by atoms with Gasteiger partial charge in [0.25, 0.3) is 11.6 Å². The number of nitrogens with zero attached hydrogens (tertiary/aromatic N) is 2. The molecule has 1 saturated heterocycles. The van der Waals surface area contributed by atoms with Crippen LogP contribution in [0.25, 0.3) is 6.08 Å². The Hall–Kier alpha value is -3.00. The Labute approximate surface area is 160 Å². The number of amides is 2. The summed E-state index contributed by atoms with van der Waals surface area (Å²) in [5.41, 5.74) is 1.42. The summed E-state index contributed by atoms with van der Waals surface area (Å²) in [6, 6.07) is 7.89. The number of rotatable bonds is 5. The van der Waals surface area contributed by atoms with E-state index in [9.17, 15) is 19.7 Å². The van der Waals surface area contributed by atoms with E-state index >= 15 is 0 Å². The fourth-order valence-corrected chi connectivity index (χ4v) is 3.52. The molecule has 27 heavy (non-hydrogen) atoms. The molecule has 8 heteroatoms. The van der Waals surface area contributed by atoms with Crippen LogP contribution in [0.2, 0.25) is 0 Å². The van der Waals surface area contributed by atoms with Crippen LogP contribution >= 0.6 is 11.3 Å². The second-order valence-corrected chi connectivity index (χ2v) is 7.05. The molecule has 1 aromatic carbocycles. The highest BCUT2D eigenvalue weighted by atomic mass is 32.1. The van der Waals surface area contributed by atoms with Gasteiger partial charge in [-0.1, -0.05) is 0 Å². The van der Waals surface area contributed by atoms with Crippen LogP contribution in [0.15, 0.2) is 47.2 Å². The highest BCUT2D eigenvalue weighted by Crippen LogP contribution is 2.15. The summed E-state index contributed by atoms with van der Waals surface area (Å²) in [5, 5.41) is 17.3. The van der Waals surface area contributed by atoms with Crippen molar-refractivity contribution in [3.63, 3.8) is 0 Å². The van der Waals surface area contributed by atoms with Crippen molar-refractivity contribution in [2.24, 2.45) is 0 Å². The Balaban J connectivity index is 1.48. The van der Waals surface area contributed by atoms with Crippen LogP contribution in [0, 0.1) is 10.1 Å². The Morgan fingerprint density at radius 3 is 2.48 bits per heavy atom. The third-order valence-corrected chi connectivity index (χ3v) is 5.13. The predicted octanol–water partition coefficient (Wildman–Crippen LogP) is 3.09. The van der Waals surface area contributed by atoms with E-state index in [0.717, 1.165) is 5.56 Å². The van der Waals surface area contributed by atoms with Gasteiger partial charge in [0.15, 0.2) is 0 Å². The van der Waals surface area contributed by atoms with Crippen molar-refractivity contribution < 1.29 is 14.5 Å². The number of nitro benzene ring substituents is 1. The van der Waals surface area contributed by atoms with Crippen LogP contribution < -0.4 is 5.32 Å². The molecular formula is C19H19N3O4S. The molecule has 0 radical (unpaired) electrons.